The van der Waals surface area contributed by atoms with Gasteiger partial charge in [-0.1, -0.05) is 30.3 Å². The number of benzene rings is 2. The molecule has 1 aliphatic heterocycles. The smallest absolute Gasteiger partial charge is 0.228 e. The lowest BCUT2D eigenvalue weighted by molar-refractivity contribution is -0.117. The number of Topliss-reactive ketones (excluding diaryl/α,β-unsaturated/α-hetero) is 1. The van der Waals surface area contributed by atoms with Gasteiger partial charge in [0, 0.05) is 36.8 Å². The normalized spacial score (nSPS) is 15.2. The molecule has 0 aliphatic carbocycles. The predicted molar refractivity (Wildman–Crippen MR) is 142 cm³/mol. The largest absolute Gasteiger partial charge is 0.437 e. The van der Waals surface area contributed by atoms with Gasteiger partial charge in [0.25, 0.3) is 0 Å². The Kier molecular flexibility index (Phi) is 7.33. The summed E-state index contributed by atoms with van der Waals surface area (Å²) in [4.78, 5) is 25.9. The molecule has 0 spiro atoms. The first kappa shape index (κ1) is 24.3. The number of carbonyl (C=O) groups is 1. The van der Waals surface area contributed by atoms with Gasteiger partial charge in [0.2, 0.25) is 11.8 Å². The van der Waals surface area contributed by atoms with E-state index in [9.17, 15) is 4.79 Å². The van der Waals surface area contributed by atoms with Gasteiger partial charge >= 0.3 is 0 Å². The van der Waals surface area contributed by atoms with Gasteiger partial charge in [0.1, 0.15) is 5.75 Å². The number of nitriles is 1. The van der Waals surface area contributed by atoms with Crippen LogP contribution in [0.4, 0.5) is 5.95 Å². The molecular formula is C29H28N6O2. The van der Waals surface area contributed by atoms with Crippen LogP contribution in [0.3, 0.4) is 0 Å². The zero-order chi connectivity index (χ0) is 25.6. The number of aryl methyl sites for hydroxylation is 1. The van der Waals surface area contributed by atoms with Crippen molar-refractivity contribution in [3.05, 3.63) is 72.1 Å². The van der Waals surface area contributed by atoms with Crippen molar-refractivity contribution < 1.29 is 9.53 Å². The first-order valence-electron chi connectivity index (χ1n) is 12.5. The van der Waals surface area contributed by atoms with E-state index in [2.05, 4.69) is 20.6 Å². The van der Waals surface area contributed by atoms with Crippen molar-refractivity contribution in [2.75, 3.05) is 18.4 Å². The molecule has 0 amide bonds. The lowest BCUT2D eigenvalue weighted by Crippen LogP contribution is -2.38. The van der Waals surface area contributed by atoms with E-state index in [0.29, 0.717) is 29.3 Å². The topological polar surface area (TPSA) is 113 Å². The van der Waals surface area contributed by atoms with Crippen LogP contribution >= 0.6 is 0 Å². The van der Waals surface area contributed by atoms with Gasteiger partial charge in [-0.3, -0.25) is 4.79 Å². The second kappa shape index (κ2) is 11.1. The molecule has 37 heavy (non-hydrogen) atoms. The number of ether oxygens (including phenoxy) is 1. The third-order valence-corrected chi connectivity index (χ3v) is 6.49. The molecule has 0 unspecified atom stereocenters. The molecular weight excluding hydrogens is 464 g/mol. The maximum Gasteiger partial charge on any atom is 0.228 e. The average molecular weight is 493 g/mol. The summed E-state index contributed by atoms with van der Waals surface area (Å²) < 4.78 is 6.47. The van der Waals surface area contributed by atoms with Crippen LogP contribution < -0.4 is 15.4 Å². The molecule has 1 fully saturated rings. The highest BCUT2D eigenvalue weighted by Crippen LogP contribution is 2.37. The van der Waals surface area contributed by atoms with Crippen molar-refractivity contribution in [3.63, 3.8) is 0 Å². The van der Waals surface area contributed by atoms with E-state index >= 15 is 0 Å². The van der Waals surface area contributed by atoms with E-state index in [1.807, 2.05) is 61.5 Å². The Morgan fingerprint density at radius 3 is 2.89 bits per heavy atom. The summed E-state index contributed by atoms with van der Waals surface area (Å²) in [7, 11) is 0. The van der Waals surface area contributed by atoms with Crippen LogP contribution in [0, 0.1) is 18.3 Å². The Labute approximate surface area is 215 Å². The second-order valence-electron chi connectivity index (χ2n) is 9.19. The van der Waals surface area contributed by atoms with Crippen LogP contribution in [0.1, 0.15) is 30.4 Å². The van der Waals surface area contributed by atoms with Crippen LogP contribution in [-0.2, 0) is 11.2 Å². The van der Waals surface area contributed by atoms with Crippen molar-refractivity contribution in [3.8, 4) is 29.0 Å². The Morgan fingerprint density at radius 2 is 2.05 bits per heavy atom. The second-order valence-corrected chi connectivity index (χ2v) is 9.19. The number of ketones is 1. The maximum atomic E-state index is 12.2. The highest BCUT2D eigenvalue weighted by Gasteiger charge is 2.18. The first-order valence-corrected chi connectivity index (χ1v) is 12.5. The van der Waals surface area contributed by atoms with Crippen LogP contribution in [-0.4, -0.2) is 39.9 Å². The van der Waals surface area contributed by atoms with Gasteiger partial charge in [-0.25, -0.2) is 15.0 Å². The molecule has 186 valence electrons. The number of hydrogen-bond donors (Lipinski definition) is 2. The molecule has 0 bridgehead atoms. The summed E-state index contributed by atoms with van der Waals surface area (Å²) in [5.74, 6) is 1.58. The maximum absolute atomic E-state index is 12.2. The fourth-order valence-electron chi connectivity index (χ4n) is 4.66. The van der Waals surface area contributed by atoms with Gasteiger partial charge in [0.05, 0.1) is 23.7 Å². The standard InChI is InChI=1S/C29H28N6O2/c1-19-9-10-23-20(17-22(36)11-13-30)5-2-7-24(23)27(19)37-28-25(8-4-15-32-28)26-12-16-33-29(35-26)34-21-6-3-14-31-18-21/h2,4-5,7-10,12,15-16,21,31H,3,6,11,14,17-18H2,1H3,(H,33,34,35)/t21-/m0/s1. The zero-order valence-corrected chi connectivity index (χ0v) is 20.7. The quantitative estimate of drug-likeness (QED) is 0.354. The summed E-state index contributed by atoms with van der Waals surface area (Å²) in [5.41, 5.74) is 3.28. The summed E-state index contributed by atoms with van der Waals surface area (Å²) in [6.45, 7) is 3.91. The molecule has 3 heterocycles. The van der Waals surface area contributed by atoms with E-state index in [1.165, 1.54) is 0 Å². The minimum Gasteiger partial charge on any atom is -0.437 e. The summed E-state index contributed by atoms with van der Waals surface area (Å²) in [6.07, 6.45) is 5.74. The molecule has 0 radical (unpaired) electrons. The average Bonchev–Trinajstić information content (AvgIpc) is 2.91. The number of rotatable bonds is 8. The first-order chi connectivity index (χ1) is 18.1. The number of aromatic nitrogens is 3. The van der Waals surface area contributed by atoms with Crippen LogP contribution in [0.2, 0.25) is 0 Å². The number of nitrogens with one attached hydrogen (secondary N) is 2. The molecule has 1 atom stereocenters. The van der Waals surface area contributed by atoms with E-state index in [1.54, 1.807) is 12.4 Å². The minimum absolute atomic E-state index is 0.101. The van der Waals surface area contributed by atoms with Gasteiger partial charge in [-0.15, -0.1) is 0 Å². The van der Waals surface area contributed by atoms with Gasteiger partial charge < -0.3 is 15.4 Å². The van der Waals surface area contributed by atoms with Crippen molar-refractivity contribution in [2.45, 2.75) is 38.6 Å². The number of nitrogens with zero attached hydrogens (tertiary/aromatic N) is 4. The number of hydrogen-bond acceptors (Lipinski definition) is 8. The Hall–Kier alpha value is -4.35. The summed E-state index contributed by atoms with van der Waals surface area (Å²) in [5, 5.41) is 17.5. The fraction of sp³-hybridized carbons (Fsp3) is 0.276. The molecule has 5 rings (SSSR count). The molecule has 8 heteroatoms. The van der Waals surface area contributed by atoms with Crippen LogP contribution in [0.15, 0.2) is 60.9 Å². The minimum atomic E-state index is -0.109. The fourth-order valence-corrected chi connectivity index (χ4v) is 4.66. The molecule has 8 nitrogen and oxygen atoms in total. The monoisotopic (exact) mass is 492 g/mol. The number of carbonyl (C=O) groups excluding carboxylic acids is 1. The Bertz CT molecular complexity index is 1470. The third kappa shape index (κ3) is 5.57. The van der Waals surface area contributed by atoms with E-state index in [4.69, 9.17) is 15.0 Å². The third-order valence-electron chi connectivity index (χ3n) is 6.49. The Balaban J connectivity index is 1.48. The SMILES string of the molecule is Cc1ccc2c(CC(=O)CC#N)cccc2c1Oc1ncccc1-c1ccnc(N[C@H]2CCCNC2)n1. The van der Waals surface area contributed by atoms with Crippen molar-refractivity contribution >= 4 is 22.5 Å². The van der Waals surface area contributed by atoms with Gasteiger partial charge in [-0.05, 0) is 61.0 Å². The number of piperidine rings is 1. The predicted octanol–water partition coefficient (Wildman–Crippen LogP) is 4.98. The van der Waals surface area contributed by atoms with Crippen molar-refractivity contribution in [2.24, 2.45) is 0 Å². The number of fused-ring (bicyclic) bond motifs is 1. The van der Waals surface area contributed by atoms with E-state index in [-0.39, 0.29) is 18.6 Å². The molecule has 2 aromatic heterocycles. The molecule has 2 N–H and O–H groups in total. The molecule has 4 aromatic rings. The zero-order valence-electron chi connectivity index (χ0n) is 20.7. The van der Waals surface area contributed by atoms with Gasteiger partial charge in [-0.2, -0.15) is 5.26 Å². The molecule has 1 saturated heterocycles. The van der Waals surface area contributed by atoms with Crippen molar-refractivity contribution in [1.29, 1.82) is 5.26 Å². The molecule has 2 aromatic carbocycles. The molecule has 1 aliphatic rings. The lowest BCUT2D eigenvalue weighted by Gasteiger charge is -2.23. The van der Waals surface area contributed by atoms with Gasteiger partial charge in [0.15, 0.2) is 5.78 Å². The highest BCUT2D eigenvalue weighted by atomic mass is 16.5. The van der Waals surface area contributed by atoms with E-state index < -0.39 is 0 Å². The number of anilines is 1. The Morgan fingerprint density at radius 1 is 1.14 bits per heavy atom. The molecule has 0 saturated carbocycles. The van der Waals surface area contributed by atoms with Crippen LogP contribution in [0.25, 0.3) is 22.0 Å². The lowest BCUT2D eigenvalue weighted by atomic mass is 9.97. The summed E-state index contributed by atoms with van der Waals surface area (Å²) in [6, 6.07) is 17.6. The highest BCUT2D eigenvalue weighted by molar-refractivity contribution is 5.95. The van der Waals surface area contributed by atoms with Crippen LogP contribution in [0.5, 0.6) is 11.6 Å². The summed E-state index contributed by atoms with van der Waals surface area (Å²) >= 11 is 0. The van der Waals surface area contributed by atoms with Crippen molar-refractivity contribution in [1.82, 2.24) is 20.3 Å². The number of pyridine rings is 1. The van der Waals surface area contributed by atoms with E-state index in [0.717, 1.165) is 53.4 Å².